The predicted octanol–water partition coefficient (Wildman–Crippen LogP) is 1.47. The summed E-state index contributed by atoms with van der Waals surface area (Å²) in [6.45, 7) is 3.25. The molecule has 0 aliphatic heterocycles. The molecule has 0 radical (unpaired) electrons. The molecule has 21 heavy (non-hydrogen) atoms. The molecule has 0 spiro atoms. The van der Waals surface area contributed by atoms with Gasteiger partial charge in [-0.3, -0.25) is 4.79 Å². The molecule has 7 heteroatoms. The molecular weight excluding hydrogens is 290 g/mol. The lowest BCUT2D eigenvalue weighted by Gasteiger charge is -2.01. The maximum atomic E-state index is 11.9. The van der Waals surface area contributed by atoms with E-state index < -0.39 is 0 Å². The second-order valence-electron chi connectivity index (χ2n) is 4.64. The predicted molar refractivity (Wildman–Crippen MR) is 84.0 cm³/mol. The number of nitrogens with two attached hydrogens (primary N) is 1. The molecular formula is C14H20ClN5O. The van der Waals surface area contributed by atoms with Gasteiger partial charge in [0.2, 0.25) is 0 Å². The summed E-state index contributed by atoms with van der Waals surface area (Å²) >= 11 is 0. The van der Waals surface area contributed by atoms with Gasteiger partial charge >= 0.3 is 0 Å². The smallest absolute Gasteiger partial charge is 0.273 e. The fourth-order valence-electron chi connectivity index (χ4n) is 1.83. The minimum Gasteiger partial charge on any atom is -0.351 e. The van der Waals surface area contributed by atoms with Crippen LogP contribution in [0.2, 0.25) is 0 Å². The zero-order chi connectivity index (χ0) is 14.4. The molecule has 3 N–H and O–H groups in total. The van der Waals surface area contributed by atoms with Crippen molar-refractivity contribution >= 4 is 18.3 Å². The first-order chi connectivity index (χ1) is 9.70. The van der Waals surface area contributed by atoms with E-state index >= 15 is 0 Å². The highest BCUT2D eigenvalue weighted by molar-refractivity contribution is 5.91. The molecule has 1 aromatic carbocycles. The summed E-state index contributed by atoms with van der Waals surface area (Å²) in [6.07, 6.45) is 3.40. The molecule has 1 heterocycles. The molecule has 2 aromatic rings. The maximum absolute atomic E-state index is 11.9. The van der Waals surface area contributed by atoms with Gasteiger partial charge in [-0.25, -0.2) is 4.68 Å². The highest BCUT2D eigenvalue weighted by Crippen LogP contribution is 2.09. The van der Waals surface area contributed by atoms with Crippen molar-refractivity contribution in [2.24, 2.45) is 5.73 Å². The molecule has 0 aliphatic carbocycles. The Morgan fingerprint density at radius 1 is 1.38 bits per heavy atom. The average molecular weight is 310 g/mol. The normalized spacial score (nSPS) is 10.0. The van der Waals surface area contributed by atoms with Gasteiger partial charge in [0.15, 0.2) is 5.69 Å². The van der Waals surface area contributed by atoms with Crippen LogP contribution in [0.1, 0.15) is 28.9 Å². The van der Waals surface area contributed by atoms with E-state index in [0.717, 1.165) is 24.1 Å². The van der Waals surface area contributed by atoms with Crippen LogP contribution in [-0.4, -0.2) is 34.0 Å². The monoisotopic (exact) mass is 309 g/mol. The van der Waals surface area contributed by atoms with Crippen LogP contribution < -0.4 is 11.1 Å². The Morgan fingerprint density at radius 2 is 2.19 bits per heavy atom. The largest absolute Gasteiger partial charge is 0.351 e. The summed E-state index contributed by atoms with van der Waals surface area (Å²) in [5, 5.41) is 10.7. The number of carbonyl (C=O) groups is 1. The first-order valence-corrected chi connectivity index (χ1v) is 6.68. The molecule has 114 valence electrons. The summed E-state index contributed by atoms with van der Waals surface area (Å²) in [4.78, 5) is 11.9. The molecule has 0 unspecified atom stereocenters. The molecule has 0 fully saturated rings. The van der Waals surface area contributed by atoms with E-state index in [0.29, 0.717) is 18.8 Å². The third-order valence-electron chi connectivity index (χ3n) is 2.91. The zero-order valence-corrected chi connectivity index (χ0v) is 12.8. The van der Waals surface area contributed by atoms with Crippen LogP contribution in [0, 0.1) is 6.92 Å². The zero-order valence-electron chi connectivity index (χ0n) is 12.0. The van der Waals surface area contributed by atoms with Gasteiger partial charge in [-0.15, -0.1) is 17.5 Å². The van der Waals surface area contributed by atoms with E-state index in [-0.39, 0.29) is 18.3 Å². The van der Waals surface area contributed by atoms with Gasteiger partial charge < -0.3 is 11.1 Å². The van der Waals surface area contributed by atoms with Crippen LogP contribution in [-0.2, 0) is 0 Å². The van der Waals surface area contributed by atoms with Crippen molar-refractivity contribution in [3.63, 3.8) is 0 Å². The Bertz CT molecular complexity index is 584. The molecule has 0 saturated heterocycles. The summed E-state index contributed by atoms with van der Waals surface area (Å²) in [6, 6.07) is 7.85. The molecule has 0 bridgehead atoms. The molecule has 2 rings (SSSR count). The number of rotatable bonds is 6. The molecule has 0 aliphatic rings. The quantitative estimate of drug-likeness (QED) is 0.791. The number of nitrogens with one attached hydrogen (secondary N) is 1. The van der Waals surface area contributed by atoms with Crippen LogP contribution in [0.5, 0.6) is 0 Å². The average Bonchev–Trinajstić information content (AvgIpc) is 2.93. The number of aromatic nitrogens is 3. The van der Waals surface area contributed by atoms with Crippen molar-refractivity contribution in [2.75, 3.05) is 13.1 Å². The lowest BCUT2D eigenvalue weighted by atomic mass is 10.2. The van der Waals surface area contributed by atoms with Gasteiger partial charge in [-0.05, 0) is 44.0 Å². The van der Waals surface area contributed by atoms with Crippen molar-refractivity contribution in [3.8, 4) is 5.69 Å². The Labute approximate surface area is 130 Å². The number of unbranched alkanes of at least 4 members (excludes halogenated alkanes) is 1. The van der Waals surface area contributed by atoms with Crippen molar-refractivity contribution in [1.29, 1.82) is 0 Å². The van der Waals surface area contributed by atoms with Gasteiger partial charge in [0.25, 0.3) is 5.91 Å². The summed E-state index contributed by atoms with van der Waals surface area (Å²) < 4.78 is 1.60. The number of benzene rings is 1. The van der Waals surface area contributed by atoms with Gasteiger partial charge in [-0.2, -0.15) is 0 Å². The second kappa shape index (κ2) is 8.39. The van der Waals surface area contributed by atoms with Gasteiger partial charge in [0, 0.05) is 6.54 Å². The SMILES string of the molecule is Cc1cccc(-n2cc(C(=O)NCCCCN)nn2)c1.Cl. The van der Waals surface area contributed by atoms with Gasteiger partial charge in [0.1, 0.15) is 0 Å². The van der Waals surface area contributed by atoms with E-state index in [1.54, 1.807) is 10.9 Å². The van der Waals surface area contributed by atoms with Crippen molar-refractivity contribution in [3.05, 3.63) is 41.7 Å². The minimum atomic E-state index is -0.207. The fraction of sp³-hybridized carbons (Fsp3) is 0.357. The first-order valence-electron chi connectivity index (χ1n) is 6.68. The Kier molecular flexibility index (Phi) is 6.84. The highest BCUT2D eigenvalue weighted by atomic mass is 35.5. The van der Waals surface area contributed by atoms with Crippen molar-refractivity contribution in [1.82, 2.24) is 20.3 Å². The van der Waals surface area contributed by atoms with Crippen LogP contribution >= 0.6 is 12.4 Å². The van der Waals surface area contributed by atoms with Gasteiger partial charge in [-0.1, -0.05) is 17.3 Å². The van der Waals surface area contributed by atoms with Crippen LogP contribution in [0.4, 0.5) is 0 Å². The fourth-order valence-corrected chi connectivity index (χ4v) is 1.83. The lowest BCUT2D eigenvalue weighted by molar-refractivity contribution is 0.0948. The number of hydrogen-bond donors (Lipinski definition) is 2. The van der Waals surface area contributed by atoms with Gasteiger partial charge in [0.05, 0.1) is 11.9 Å². The number of carbonyl (C=O) groups excluding carboxylic acids is 1. The van der Waals surface area contributed by atoms with E-state index in [9.17, 15) is 4.79 Å². The first kappa shape index (κ1) is 17.1. The topological polar surface area (TPSA) is 85.8 Å². The molecule has 1 amide bonds. The number of nitrogens with zero attached hydrogens (tertiary/aromatic N) is 3. The number of hydrogen-bond acceptors (Lipinski definition) is 4. The van der Waals surface area contributed by atoms with E-state index in [2.05, 4.69) is 15.6 Å². The van der Waals surface area contributed by atoms with E-state index in [1.165, 1.54) is 0 Å². The maximum Gasteiger partial charge on any atom is 0.273 e. The van der Waals surface area contributed by atoms with Crippen LogP contribution in [0.15, 0.2) is 30.5 Å². The Morgan fingerprint density at radius 3 is 2.90 bits per heavy atom. The number of aryl methyl sites for hydroxylation is 1. The third-order valence-corrected chi connectivity index (χ3v) is 2.91. The molecule has 0 saturated carbocycles. The van der Waals surface area contributed by atoms with E-state index in [1.807, 2.05) is 31.2 Å². The van der Waals surface area contributed by atoms with Crippen LogP contribution in [0.25, 0.3) is 5.69 Å². The minimum absolute atomic E-state index is 0. The van der Waals surface area contributed by atoms with Crippen molar-refractivity contribution in [2.45, 2.75) is 19.8 Å². The Hall–Kier alpha value is -1.92. The lowest BCUT2D eigenvalue weighted by Crippen LogP contribution is -2.25. The van der Waals surface area contributed by atoms with E-state index in [4.69, 9.17) is 5.73 Å². The summed E-state index contributed by atoms with van der Waals surface area (Å²) in [5.41, 5.74) is 7.74. The summed E-state index contributed by atoms with van der Waals surface area (Å²) in [7, 11) is 0. The standard InChI is InChI=1S/C14H19N5O.ClH/c1-11-5-4-6-12(9-11)19-10-13(17-18-19)14(20)16-8-3-2-7-15;/h4-6,9-10H,2-3,7-8,15H2,1H3,(H,16,20);1H. The second-order valence-corrected chi connectivity index (χ2v) is 4.64. The molecule has 1 aromatic heterocycles. The van der Waals surface area contributed by atoms with Crippen LogP contribution in [0.3, 0.4) is 0 Å². The van der Waals surface area contributed by atoms with Crippen molar-refractivity contribution < 1.29 is 4.79 Å². The Balaban J connectivity index is 0.00000220. The molecule has 6 nitrogen and oxygen atoms in total. The highest BCUT2D eigenvalue weighted by Gasteiger charge is 2.10. The number of halogens is 1. The molecule has 0 atom stereocenters. The third kappa shape index (κ3) is 4.84. The number of amides is 1. The summed E-state index contributed by atoms with van der Waals surface area (Å²) in [5.74, 6) is -0.207.